The molecule has 0 saturated heterocycles. The first kappa shape index (κ1) is 14.3. The molecule has 1 aromatic heterocycles. The molecule has 7 heteroatoms. The summed E-state index contributed by atoms with van der Waals surface area (Å²) >= 11 is 0. The van der Waals surface area contributed by atoms with Crippen molar-refractivity contribution in [3.05, 3.63) is 20.8 Å². The highest BCUT2D eigenvalue weighted by Gasteiger charge is 2.15. The number of nitrogen functional groups attached to an aromatic ring is 1. The summed E-state index contributed by atoms with van der Waals surface area (Å²) in [6.07, 6.45) is 0.693. The smallest absolute Gasteiger partial charge is 0.329 e. The first-order chi connectivity index (χ1) is 8.36. The summed E-state index contributed by atoms with van der Waals surface area (Å²) in [5.74, 6) is 0.424. The van der Waals surface area contributed by atoms with Crippen LogP contribution in [0.25, 0.3) is 0 Å². The Hall–Kier alpha value is -1.76. The van der Waals surface area contributed by atoms with Crippen LogP contribution in [-0.4, -0.2) is 27.3 Å². The standard InChI is InChI=1S/C11H20N4O3/c1-6(2)4-7(5-16)13-8-9(12)15(3)11(18)14-10(8)17/h6-7,13,16H,4-5,12H2,1-3H3,(H,14,17,18). The second-order valence-electron chi connectivity index (χ2n) is 4.73. The van der Waals surface area contributed by atoms with Crippen molar-refractivity contribution in [3.63, 3.8) is 0 Å². The Labute approximate surface area is 105 Å². The van der Waals surface area contributed by atoms with Crippen LogP contribution in [0, 0.1) is 5.92 Å². The third-order valence-electron chi connectivity index (χ3n) is 2.69. The number of hydrogen-bond donors (Lipinski definition) is 4. The molecule has 0 aliphatic heterocycles. The molecule has 102 valence electrons. The summed E-state index contributed by atoms with van der Waals surface area (Å²) in [6, 6.07) is -0.272. The molecule has 1 unspecified atom stereocenters. The molecular formula is C11H20N4O3. The van der Waals surface area contributed by atoms with Gasteiger partial charge in [-0.05, 0) is 12.3 Å². The van der Waals surface area contributed by atoms with Crippen molar-refractivity contribution >= 4 is 11.5 Å². The van der Waals surface area contributed by atoms with E-state index in [1.54, 1.807) is 0 Å². The summed E-state index contributed by atoms with van der Waals surface area (Å²) in [4.78, 5) is 25.1. The molecule has 0 bridgehead atoms. The maximum Gasteiger partial charge on any atom is 0.329 e. The summed E-state index contributed by atoms with van der Waals surface area (Å²) in [5, 5.41) is 12.1. The Morgan fingerprint density at radius 1 is 1.44 bits per heavy atom. The highest BCUT2D eigenvalue weighted by molar-refractivity contribution is 5.60. The van der Waals surface area contributed by atoms with Gasteiger partial charge in [-0.1, -0.05) is 13.8 Å². The van der Waals surface area contributed by atoms with E-state index in [1.165, 1.54) is 7.05 Å². The average Bonchev–Trinajstić information content (AvgIpc) is 2.29. The predicted octanol–water partition coefficient (Wildman–Crippen LogP) is -0.525. The van der Waals surface area contributed by atoms with Crippen molar-refractivity contribution in [3.8, 4) is 0 Å². The Morgan fingerprint density at radius 3 is 2.56 bits per heavy atom. The molecule has 1 rings (SSSR count). The van der Waals surface area contributed by atoms with Gasteiger partial charge in [0.15, 0.2) is 0 Å². The lowest BCUT2D eigenvalue weighted by Crippen LogP contribution is -2.36. The number of nitrogens with two attached hydrogens (primary N) is 1. The lowest BCUT2D eigenvalue weighted by molar-refractivity contribution is 0.259. The lowest BCUT2D eigenvalue weighted by Gasteiger charge is -2.20. The minimum absolute atomic E-state index is 0.0611. The van der Waals surface area contributed by atoms with E-state index in [1.807, 2.05) is 13.8 Å². The van der Waals surface area contributed by atoms with E-state index >= 15 is 0 Å². The largest absolute Gasteiger partial charge is 0.394 e. The fraction of sp³-hybridized carbons (Fsp3) is 0.636. The van der Waals surface area contributed by atoms with Crippen LogP contribution in [-0.2, 0) is 7.05 Å². The van der Waals surface area contributed by atoms with Gasteiger partial charge in [-0.2, -0.15) is 0 Å². The molecule has 1 aromatic rings. The van der Waals surface area contributed by atoms with E-state index in [0.29, 0.717) is 12.3 Å². The number of rotatable bonds is 5. The van der Waals surface area contributed by atoms with Gasteiger partial charge in [-0.15, -0.1) is 0 Å². The van der Waals surface area contributed by atoms with Crippen molar-refractivity contribution in [2.75, 3.05) is 17.7 Å². The number of aliphatic hydroxyl groups excluding tert-OH is 1. The Kier molecular flexibility index (Phi) is 4.55. The Morgan fingerprint density at radius 2 is 2.06 bits per heavy atom. The van der Waals surface area contributed by atoms with Crippen LogP contribution in [0.5, 0.6) is 0 Å². The van der Waals surface area contributed by atoms with Crippen LogP contribution < -0.4 is 22.3 Å². The van der Waals surface area contributed by atoms with Gasteiger partial charge in [0.2, 0.25) is 0 Å². The Balaban J connectivity index is 3.07. The topological polar surface area (TPSA) is 113 Å². The molecule has 1 atom stereocenters. The summed E-state index contributed by atoms with van der Waals surface area (Å²) in [5.41, 5.74) is 4.70. The SMILES string of the molecule is CC(C)CC(CO)Nc1c(N)n(C)c(=O)[nH]c1=O. The number of anilines is 2. The monoisotopic (exact) mass is 256 g/mol. The number of aromatic amines is 1. The number of nitrogens with zero attached hydrogens (tertiary/aromatic N) is 1. The van der Waals surface area contributed by atoms with Gasteiger partial charge < -0.3 is 16.2 Å². The second-order valence-corrected chi connectivity index (χ2v) is 4.73. The average molecular weight is 256 g/mol. The van der Waals surface area contributed by atoms with Crippen molar-refractivity contribution in [2.45, 2.75) is 26.3 Å². The van der Waals surface area contributed by atoms with Crippen molar-refractivity contribution in [2.24, 2.45) is 13.0 Å². The molecule has 0 aliphatic rings. The molecule has 0 radical (unpaired) electrons. The molecule has 0 amide bonds. The van der Waals surface area contributed by atoms with Gasteiger partial charge in [0.25, 0.3) is 5.56 Å². The van der Waals surface area contributed by atoms with E-state index in [9.17, 15) is 14.7 Å². The van der Waals surface area contributed by atoms with Crippen molar-refractivity contribution in [1.29, 1.82) is 0 Å². The van der Waals surface area contributed by atoms with E-state index in [0.717, 1.165) is 4.57 Å². The number of hydrogen-bond acceptors (Lipinski definition) is 5. The molecule has 0 spiro atoms. The molecule has 5 N–H and O–H groups in total. The molecule has 7 nitrogen and oxygen atoms in total. The van der Waals surface area contributed by atoms with Gasteiger partial charge in [0.05, 0.1) is 6.61 Å². The number of H-pyrrole nitrogens is 1. The Bertz CT molecular complexity index is 518. The fourth-order valence-corrected chi connectivity index (χ4v) is 1.73. The molecule has 0 aromatic carbocycles. The molecule has 0 saturated carbocycles. The third-order valence-corrected chi connectivity index (χ3v) is 2.69. The van der Waals surface area contributed by atoms with E-state index in [2.05, 4.69) is 10.3 Å². The van der Waals surface area contributed by atoms with Crippen LogP contribution in [0.1, 0.15) is 20.3 Å². The minimum Gasteiger partial charge on any atom is -0.394 e. The van der Waals surface area contributed by atoms with Gasteiger partial charge >= 0.3 is 5.69 Å². The second kappa shape index (κ2) is 5.72. The zero-order valence-corrected chi connectivity index (χ0v) is 10.9. The number of aromatic nitrogens is 2. The van der Waals surface area contributed by atoms with Gasteiger partial charge in [-0.3, -0.25) is 14.3 Å². The maximum absolute atomic E-state index is 11.7. The molecule has 1 heterocycles. The summed E-state index contributed by atoms with van der Waals surface area (Å²) in [7, 11) is 1.47. The van der Waals surface area contributed by atoms with Crippen LogP contribution in [0.15, 0.2) is 9.59 Å². The normalized spacial score (nSPS) is 12.7. The third kappa shape index (κ3) is 3.13. The predicted molar refractivity (Wildman–Crippen MR) is 70.7 cm³/mol. The van der Waals surface area contributed by atoms with Crippen LogP contribution >= 0.6 is 0 Å². The maximum atomic E-state index is 11.7. The van der Waals surface area contributed by atoms with Crippen LogP contribution in [0.3, 0.4) is 0 Å². The molecule has 0 fully saturated rings. The lowest BCUT2D eigenvalue weighted by atomic mass is 10.0. The van der Waals surface area contributed by atoms with Crippen molar-refractivity contribution < 1.29 is 5.11 Å². The minimum atomic E-state index is -0.571. The number of nitrogens with one attached hydrogen (secondary N) is 2. The zero-order chi connectivity index (χ0) is 13.9. The quantitative estimate of drug-likeness (QED) is 0.566. The highest BCUT2D eigenvalue weighted by atomic mass is 16.3. The summed E-state index contributed by atoms with van der Waals surface area (Å²) in [6.45, 7) is 3.91. The molecular weight excluding hydrogens is 236 g/mol. The van der Waals surface area contributed by atoms with Crippen LogP contribution in [0.2, 0.25) is 0 Å². The van der Waals surface area contributed by atoms with Gasteiger partial charge in [-0.25, -0.2) is 4.79 Å². The van der Waals surface area contributed by atoms with Gasteiger partial charge in [0, 0.05) is 13.1 Å². The highest BCUT2D eigenvalue weighted by Crippen LogP contribution is 2.13. The van der Waals surface area contributed by atoms with E-state index in [-0.39, 0.29) is 24.2 Å². The zero-order valence-electron chi connectivity index (χ0n) is 10.9. The van der Waals surface area contributed by atoms with E-state index < -0.39 is 11.2 Å². The van der Waals surface area contributed by atoms with Crippen molar-refractivity contribution in [1.82, 2.24) is 9.55 Å². The van der Waals surface area contributed by atoms with Gasteiger partial charge in [0.1, 0.15) is 11.5 Å². The van der Waals surface area contributed by atoms with Crippen LogP contribution in [0.4, 0.5) is 11.5 Å². The first-order valence-corrected chi connectivity index (χ1v) is 5.83. The first-order valence-electron chi connectivity index (χ1n) is 5.83. The molecule has 18 heavy (non-hydrogen) atoms. The summed E-state index contributed by atoms with van der Waals surface area (Å²) < 4.78 is 1.15. The molecule has 0 aliphatic carbocycles. The fourth-order valence-electron chi connectivity index (χ4n) is 1.73. The van der Waals surface area contributed by atoms with E-state index in [4.69, 9.17) is 5.73 Å². The number of aliphatic hydroxyl groups is 1.